The van der Waals surface area contributed by atoms with Crippen LogP contribution in [0.2, 0.25) is 0 Å². The maximum atomic E-state index is 13.1. The Morgan fingerprint density at radius 2 is 1.04 bits per heavy atom. The minimum absolute atomic E-state index is 0.0838. The topological polar surface area (TPSA) is 95.6 Å². The Bertz CT molecular complexity index is 2270. The van der Waals surface area contributed by atoms with Crippen molar-refractivity contribution < 1.29 is 17.6 Å². The quantitative estimate of drug-likeness (QED) is 0.187. The molecule has 4 aromatic heterocycles. The standard InChI is InChI=1S/C18H14F3N3O.C17H14FN3O/c1-10-8-9-22-16-14(10)23-15(17(25)24(16)13-6-7-13)11-2-4-12(5-3-11)18(19,20)21;1-10-8-9-19-16-14(10)20-15(11-2-4-12(18)5-3-11)17(22)21(16)13-6-7-13/h2-5,8-9,13H,6-7H2,1H3;2-5,8-9,13H,6-7H2,1H3. The molecule has 0 unspecified atom stereocenters. The summed E-state index contributed by atoms with van der Waals surface area (Å²) in [5, 5.41) is 0. The number of rotatable bonds is 4. The first kappa shape index (κ1) is 30.4. The number of aromatic nitrogens is 6. The third-order valence-electron chi connectivity index (χ3n) is 8.39. The average molecular weight is 641 g/mol. The Labute approximate surface area is 265 Å². The first-order valence-corrected chi connectivity index (χ1v) is 15.2. The van der Waals surface area contributed by atoms with Crippen molar-refractivity contribution in [2.24, 2.45) is 0 Å². The lowest BCUT2D eigenvalue weighted by Crippen LogP contribution is -2.24. The maximum absolute atomic E-state index is 13.1. The molecule has 47 heavy (non-hydrogen) atoms. The average Bonchev–Trinajstić information content (AvgIpc) is 3.97. The van der Waals surface area contributed by atoms with Crippen molar-refractivity contribution >= 4 is 22.3 Å². The Morgan fingerprint density at radius 1 is 0.638 bits per heavy atom. The largest absolute Gasteiger partial charge is 0.416 e. The summed E-state index contributed by atoms with van der Waals surface area (Å²) in [5.41, 5.74) is 4.64. The maximum Gasteiger partial charge on any atom is 0.416 e. The number of benzene rings is 2. The number of hydrogen-bond donors (Lipinski definition) is 0. The second-order valence-corrected chi connectivity index (χ2v) is 11.9. The Hall–Kier alpha value is -5.26. The van der Waals surface area contributed by atoms with E-state index in [2.05, 4.69) is 19.9 Å². The molecule has 6 aromatic rings. The molecule has 0 spiro atoms. The fraction of sp³-hybridized carbons (Fsp3) is 0.257. The fourth-order valence-electron chi connectivity index (χ4n) is 5.58. The predicted octanol–water partition coefficient (Wildman–Crippen LogP) is 7.36. The highest BCUT2D eigenvalue weighted by Crippen LogP contribution is 2.37. The minimum atomic E-state index is -4.41. The monoisotopic (exact) mass is 640 g/mol. The van der Waals surface area contributed by atoms with Gasteiger partial charge < -0.3 is 0 Å². The molecular formula is C35H28F4N6O2. The van der Waals surface area contributed by atoms with Gasteiger partial charge in [-0.15, -0.1) is 0 Å². The summed E-state index contributed by atoms with van der Waals surface area (Å²) in [5.74, 6) is -0.329. The lowest BCUT2D eigenvalue weighted by molar-refractivity contribution is -0.137. The molecule has 2 aliphatic rings. The van der Waals surface area contributed by atoms with Crippen LogP contribution in [0.3, 0.4) is 0 Å². The summed E-state index contributed by atoms with van der Waals surface area (Å²) in [6.45, 7) is 3.82. The predicted molar refractivity (Wildman–Crippen MR) is 169 cm³/mol. The van der Waals surface area contributed by atoms with Gasteiger partial charge in [-0.1, -0.05) is 12.1 Å². The molecule has 8 nitrogen and oxygen atoms in total. The van der Waals surface area contributed by atoms with Crippen LogP contribution in [0.1, 0.15) is 54.5 Å². The van der Waals surface area contributed by atoms with Gasteiger partial charge in [0, 0.05) is 35.6 Å². The van der Waals surface area contributed by atoms with Crippen LogP contribution in [-0.4, -0.2) is 29.1 Å². The summed E-state index contributed by atoms with van der Waals surface area (Å²) in [6.07, 6.45) is 2.67. The number of nitrogens with zero attached hydrogens (tertiary/aromatic N) is 6. The lowest BCUT2D eigenvalue weighted by Gasteiger charge is -2.12. The van der Waals surface area contributed by atoms with Crippen molar-refractivity contribution in [2.75, 3.05) is 0 Å². The van der Waals surface area contributed by atoms with E-state index in [1.54, 1.807) is 39.7 Å². The number of halogens is 4. The highest BCUT2D eigenvalue weighted by molar-refractivity contribution is 5.78. The molecule has 238 valence electrons. The van der Waals surface area contributed by atoms with Crippen LogP contribution in [0.15, 0.2) is 82.6 Å². The van der Waals surface area contributed by atoms with E-state index < -0.39 is 11.7 Å². The molecule has 2 aliphatic carbocycles. The SMILES string of the molecule is Cc1ccnc2c1nc(-c1ccc(C(F)(F)F)cc1)c(=O)n2C1CC1.Cc1ccnc2c1nc(-c1ccc(F)cc1)c(=O)n2C1CC1. The van der Waals surface area contributed by atoms with Crippen LogP contribution in [0.25, 0.3) is 44.8 Å². The molecule has 0 bridgehead atoms. The van der Waals surface area contributed by atoms with E-state index >= 15 is 0 Å². The third-order valence-corrected chi connectivity index (χ3v) is 8.39. The molecule has 2 fully saturated rings. The number of aryl methyl sites for hydroxylation is 2. The van der Waals surface area contributed by atoms with E-state index in [0.717, 1.165) is 54.5 Å². The second kappa shape index (κ2) is 11.5. The lowest BCUT2D eigenvalue weighted by atomic mass is 10.1. The van der Waals surface area contributed by atoms with Gasteiger partial charge in [0.25, 0.3) is 11.1 Å². The number of alkyl halides is 3. The van der Waals surface area contributed by atoms with Crippen LogP contribution in [0.4, 0.5) is 17.6 Å². The molecule has 8 rings (SSSR count). The zero-order valence-corrected chi connectivity index (χ0v) is 25.4. The van der Waals surface area contributed by atoms with Crippen molar-refractivity contribution in [1.29, 1.82) is 0 Å². The van der Waals surface area contributed by atoms with Gasteiger partial charge in [0.1, 0.15) is 28.2 Å². The van der Waals surface area contributed by atoms with Crippen molar-refractivity contribution in [3.05, 3.63) is 116 Å². The number of fused-ring (bicyclic) bond motifs is 2. The molecule has 12 heteroatoms. The minimum Gasteiger partial charge on any atom is -0.286 e. The van der Waals surface area contributed by atoms with E-state index in [0.29, 0.717) is 33.6 Å². The highest BCUT2D eigenvalue weighted by atomic mass is 19.4. The van der Waals surface area contributed by atoms with Crippen LogP contribution in [0, 0.1) is 19.7 Å². The Balaban J connectivity index is 0.000000151. The van der Waals surface area contributed by atoms with E-state index in [1.807, 2.05) is 19.9 Å². The molecule has 0 saturated heterocycles. The van der Waals surface area contributed by atoms with Gasteiger partial charge in [0.2, 0.25) is 0 Å². The molecule has 0 radical (unpaired) electrons. The van der Waals surface area contributed by atoms with E-state index in [9.17, 15) is 27.2 Å². The first-order valence-electron chi connectivity index (χ1n) is 15.2. The summed E-state index contributed by atoms with van der Waals surface area (Å²) < 4.78 is 54.7. The van der Waals surface area contributed by atoms with Gasteiger partial charge in [-0.05, 0) is 99.2 Å². The van der Waals surface area contributed by atoms with Crippen LogP contribution < -0.4 is 11.1 Å². The zero-order valence-electron chi connectivity index (χ0n) is 25.4. The molecule has 4 heterocycles. The molecule has 0 N–H and O–H groups in total. The first-order chi connectivity index (χ1) is 22.5. The summed E-state index contributed by atoms with van der Waals surface area (Å²) in [7, 11) is 0. The third kappa shape index (κ3) is 5.79. The van der Waals surface area contributed by atoms with Gasteiger partial charge in [-0.2, -0.15) is 13.2 Å². The number of hydrogen-bond acceptors (Lipinski definition) is 6. The summed E-state index contributed by atoms with van der Waals surface area (Å²) in [6, 6.07) is 14.4. The summed E-state index contributed by atoms with van der Waals surface area (Å²) >= 11 is 0. The van der Waals surface area contributed by atoms with E-state index in [4.69, 9.17) is 0 Å². The Morgan fingerprint density at radius 3 is 1.43 bits per heavy atom. The van der Waals surface area contributed by atoms with Crippen LogP contribution in [0.5, 0.6) is 0 Å². The van der Waals surface area contributed by atoms with Crippen molar-refractivity contribution in [2.45, 2.75) is 57.8 Å². The zero-order chi connectivity index (χ0) is 33.0. The fourth-order valence-corrected chi connectivity index (χ4v) is 5.58. The molecular weight excluding hydrogens is 612 g/mol. The van der Waals surface area contributed by atoms with Crippen molar-refractivity contribution in [3.63, 3.8) is 0 Å². The highest BCUT2D eigenvalue weighted by Gasteiger charge is 2.32. The molecule has 0 amide bonds. The van der Waals surface area contributed by atoms with Gasteiger partial charge in [-0.3, -0.25) is 18.7 Å². The van der Waals surface area contributed by atoms with Gasteiger partial charge in [-0.25, -0.2) is 24.3 Å². The van der Waals surface area contributed by atoms with Crippen molar-refractivity contribution in [3.8, 4) is 22.5 Å². The van der Waals surface area contributed by atoms with E-state index in [1.165, 1.54) is 24.3 Å². The van der Waals surface area contributed by atoms with Crippen molar-refractivity contribution in [1.82, 2.24) is 29.1 Å². The summed E-state index contributed by atoms with van der Waals surface area (Å²) in [4.78, 5) is 43.3. The van der Waals surface area contributed by atoms with E-state index in [-0.39, 0.29) is 34.7 Å². The van der Waals surface area contributed by atoms with Gasteiger partial charge >= 0.3 is 6.18 Å². The van der Waals surface area contributed by atoms with Crippen LogP contribution >= 0.6 is 0 Å². The second-order valence-electron chi connectivity index (χ2n) is 11.9. The normalized spacial score (nSPS) is 14.7. The molecule has 0 aliphatic heterocycles. The van der Waals surface area contributed by atoms with Gasteiger partial charge in [0.05, 0.1) is 5.56 Å². The number of pyridine rings is 2. The van der Waals surface area contributed by atoms with Gasteiger partial charge in [0.15, 0.2) is 11.3 Å². The van der Waals surface area contributed by atoms with Crippen LogP contribution in [-0.2, 0) is 6.18 Å². The molecule has 0 atom stereocenters. The smallest absolute Gasteiger partial charge is 0.286 e. The molecule has 2 saturated carbocycles. The molecule has 2 aromatic carbocycles. The Kier molecular flexibility index (Phi) is 7.45.